The van der Waals surface area contributed by atoms with Crippen LogP contribution in [0.25, 0.3) is 0 Å². The van der Waals surface area contributed by atoms with Crippen LogP contribution in [0.15, 0.2) is 24.3 Å². The van der Waals surface area contributed by atoms with Gasteiger partial charge in [-0.05, 0) is 65.7 Å². The molecule has 1 aromatic rings. The highest BCUT2D eigenvalue weighted by atomic mass is 15.2. The van der Waals surface area contributed by atoms with E-state index < -0.39 is 0 Å². The van der Waals surface area contributed by atoms with Gasteiger partial charge in [0.2, 0.25) is 0 Å². The summed E-state index contributed by atoms with van der Waals surface area (Å²) < 4.78 is 0. The first-order chi connectivity index (χ1) is 9.04. The molecule has 0 radical (unpaired) electrons. The molecule has 2 nitrogen and oxygen atoms in total. The second-order valence-electron chi connectivity index (χ2n) is 6.38. The molecule has 1 saturated heterocycles. The minimum Gasteiger partial charge on any atom is -0.315 e. The van der Waals surface area contributed by atoms with Crippen LogP contribution < -0.4 is 5.32 Å². The van der Waals surface area contributed by atoms with Gasteiger partial charge >= 0.3 is 0 Å². The molecule has 1 unspecified atom stereocenters. The predicted molar refractivity (Wildman–Crippen MR) is 82.6 cm³/mol. The van der Waals surface area contributed by atoms with Crippen molar-refractivity contribution in [1.29, 1.82) is 0 Å². The number of aryl methyl sites for hydroxylation is 1. The summed E-state index contributed by atoms with van der Waals surface area (Å²) in [5, 5.41) is 3.54. The molecule has 2 rings (SSSR count). The zero-order chi connectivity index (χ0) is 13.9. The Morgan fingerprint density at radius 3 is 2.26 bits per heavy atom. The number of nitrogens with zero attached hydrogens (tertiary/aromatic N) is 1. The van der Waals surface area contributed by atoms with Crippen molar-refractivity contribution in [2.24, 2.45) is 0 Å². The van der Waals surface area contributed by atoms with E-state index >= 15 is 0 Å². The van der Waals surface area contributed by atoms with Crippen molar-refractivity contribution < 1.29 is 0 Å². The average Bonchev–Trinajstić information content (AvgIpc) is 2.92. The fourth-order valence-corrected chi connectivity index (χ4v) is 3.18. The first-order valence-corrected chi connectivity index (χ1v) is 7.52. The number of hydrogen-bond donors (Lipinski definition) is 1. The van der Waals surface area contributed by atoms with Crippen LogP contribution in [0.2, 0.25) is 0 Å². The maximum Gasteiger partial charge on any atom is 0.0309 e. The Morgan fingerprint density at radius 1 is 1.16 bits per heavy atom. The van der Waals surface area contributed by atoms with E-state index in [0.29, 0.717) is 6.04 Å². The smallest absolute Gasteiger partial charge is 0.0309 e. The van der Waals surface area contributed by atoms with Crippen LogP contribution in [0, 0.1) is 6.92 Å². The van der Waals surface area contributed by atoms with Gasteiger partial charge in [-0.25, -0.2) is 0 Å². The Hall–Kier alpha value is -0.860. The summed E-state index contributed by atoms with van der Waals surface area (Å²) in [4.78, 5) is 2.64. The van der Waals surface area contributed by atoms with Crippen LogP contribution in [0.1, 0.15) is 37.8 Å². The topological polar surface area (TPSA) is 15.3 Å². The van der Waals surface area contributed by atoms with Crippen LogP contribution >= 0.6 is 0 Å². The zero-order valence-corrected chi connectivity index (χ0v) is 12.9. The molecule has 1 aliphatic rings. The van der Waals surface area contributed by atoms with Crippen LogP contribution in [0.3, 0.4) is 0 Å². The highest BCUT2D eigenvalue weighted by molar-refractivity contribution is 5.23. The number of likely N-dealkylation sites (tertiary alicyclic amines) is 1. The third-order valence-electron chi connectivity index (χ3n) is 4.68. The van der Waals surface area contributed by atoms with Gasteiger partial charge in [-0.2, -0.15) is 0 Å². The standard InChI is InChI=1S/C17H28N2/c1-14-7-9-15(10-8-14)13-16(18-4)17(2,3)19-11-5-6-12-19/h7-10,16,18H,5-6,11-13H2,1-4H3. The first-order valence-electron chi connectivity index (χ1n) is 7.52. The van der Waals surface area contributed by atoms with E-state index in [-0.39, 0.29) is 5.54 Å². The molecule has 1 atom stereocenters. The van der Waals surface area contributed by atoms with Crippen LogP contribution in [0.5, 0.6) is 0 Å². The van der Waals surface area contributed by atoms with Crippen molar-refractivity contribution in [3.05, 3.63) is 35.4 Å². The molecular weight excluding hydrogens is 232 g/mol. The average molecular weight is 260 g/mol. The lowest BCUT2D eigenvalue weighted by Crippen LogP contribution is -2.57. The molecule has 106 valence electrons. The molecule has 0 saturated carbocycles. The van der Waals surface area contributed by atoms with Gasteiger partial charge in [0.15, 0.2) is 0 Å². The maximum atomic E-state index is 3.54. The van der Waals surface area contributed by atoms with Crippen LogP contribution in [0.4, 0.5) is 0 Å². The third kappa shape index (κ3) is 3.37. The minimum atomic E-state index is 0.218. The van der Waals surface area contributed by atoms with Gasteiger partial charge in [0, 0.05) is 11.6 Å². The Morgan fingerprint density at radius 2 is 1.74 bits per heavy atom. The number of rotatable bonds is 5. The van der Waals surface area contributed by atoms with Gasteiger partial charge in [0.05, 0.1) is 0 Å². The molecule has 0 spiro atoms. The molecule has 0 amide bonds. The highest BCUT2D eigenvalue weighted by Crippen LogP contribution is 2.26. The van der Waals surface area contributed by atoms with E-state index in [1.165, 1.54) is 37.1 Å². The lowest BCUT2D eigenvalue weighted by molar-refractivity contribution is 0.110. The second kappa shape index (κ2) is 6.06. The fourth-order valence-electron chi connectivity index (χ4n) is 3.18. The van der Waals surface area contributed by atoms with Gasteiger partial charge in [0.1, 0.15) is 0 Å². The van der Waals surface area contributed by atoms with Crippen molar-refractivity contribution in [2.75, 3.05) is 20.1 Å². The molecule has 1 aliphatic heterocycles. The largest absolute Gasteiger partial charge is 0.315 e. The molecule has 0 bridgehead atoms. The van der Waals surface area contributed by atoms with Crippen LogP contribution in [-0.2, 0) is 6.42 Å². The Kier molecular flexibility index (Phi) is 4.64. The monoisotopic (exact) mass is 260 g/mol. The number of nitrogens with one attached hydrogen (secondary N) is 1. The third-order valence-corrected chi connectivity index (χ3v) is 4.68. The lowest BCUT2D eigenvalue weighted by atomic mass is 9.87. The van der Waals surface area contributed by atoms with Crippen molar-refractivity contribution in [2.45, 2.75) is 51.6 Å². The van der Waals surface area contributed by atoms with Crippen molar-refractivity contribution in [3.8, 4) is 0 Å². The number of benzene rings is 1. The summed E-state index contributed by atoms with van der Waals surface area (Å²) >= 11 is 0. The van der Waals surface area contributed by atoms with E-state index in [1.807, 2.05) is 0 Å². The summed E-state index contributed by atoms with van der Waals surface area (Å²) in [6.45, 7) is 9.41. The van der Waals surface area contributed by atoms with Gasteiger partial charge in [-0.15, -0.1) is 0 Å². The second-order valence-corrected chi connectivity index (χ2v) is 6.38. The molecule has 1 fully saturated rings. The van der Waals surface area contributed by atoms with E-state index in [9.17, 15) is 0 Å². The minimum absolute atomic E-state index is 0.218. The summed E-state index contributed by atoms with van der Waals surface area (Å²) in [5.74, 6) is 0. The molecule has 0 aliphatic carbocycles. The Balaban J connectivity index is 2.08. The van der Waals surface area contributed by atoms with Gasteiger partial charge < -0.3 is 5.32 Å². The fraction of sp³-hybridized carbons (Fsp3) is 0.647. The summed E-state index contributed by atoms with van der Waals surface area (Å²) in [6.07, 6.45) is 3.80. The van der Waals surface area contributed by atoms with Gasteiger partial charge in [-0.3, -0.25) is 4.90 Å². The first kappa shape index (κ1) is 14.5. The van der Waals surface area contributed by atoms with Crippen molar-refractivity contribution in [1.82, 2.24) is 10.2 Å². The SMILES string of the molecule is CNC(Cc1ccc(C)cc1)C(C)(C)N1CCCC1. The maximum absolute atomic E-state index is 3.54. The lowest BCUT2D eigenvalue weighted by Gasteiger charge is -2.42. The zero-order valence-electron chi connectivity index (χ0n) is 12.9. The summed E-state index contributed by atoms with van der Waals surface area (Å²) in [5.41, 5.74) is 2.98. The highest BCUT2D eigenvalue weighted by Gasteiger charge is 2.35. The van der Waals surface area contributed by atoms with Crippen molar-refractivity contribution >= 4 is 0 Å². The molecule has 0 aromatic heterocycles. The molecule has 1 aromatic carbocycles. The number of likely N-dealkylation sites (N-methyl/N-ethyl adjacent to an activating group) is 1. The molecule has 1 heterocycles. The summed E-state index contributed by atoms with van der Waals surface area (Å²) in [6, 6.07) is 9.45. The van der Waals surface area contributed by atoms with E-state index in [1.54, 1.807) is 0 Å². The van der Waals surface area contributed by atoms with E-state index in [2.05, 4.69) is 62.3 Å². The van der Waals surface area contributed by atoms with E-state index in [0.717, 1.165) is 6.42 Å². The predicted octanol–water partition coefficient (Wildman–Crippen LogP) is 3.00. The number of hydrogen-bond acceptors (Lipinski definition) is 2. The molecular formula is C17H28N2. The Bertz CT molecular complexity index is 388. The van der Waals surface area contributed by atoms with Gasteiger partial charge in [0.25, 0.3) is 0 Å². The normalized spacial score (nSPS) is 18.7. The molecule has 2 heteroatoms. The van der Waals surface area contributed by atoms with Gasteiger partial charge in [-0.1, -0.05) is 29.8 Å². The van der Waals surface area contributed by atoms with E-state index in [4.69, 9.17) is 0 Å². The molecule has 19 heavy (non-hydrogen) atoms. The quantitative estimate of drug-likeness (QED) is 0.875. The Labute approximate surface area is 118 Å². The summed E-state index contributed by atoms with van der Waals surface area (Å²) in [7, 11) is 2.09. The van der Waals surface area contributed by atoms with Crippen molar-refractivity contribution in [3.63, 3.8) is 0 Å². The molecule has 1 N–H and O–H groups in total. The van der Waals surface area contributed by atoms with Crippen LogP contribution in [-0.4, -0.2) is 36.6 Å².